The third-order valence-corrected chi connectivity index (χ3v) is 6.01. The molecule has 1 atom stereocenters. The molecule has 1 unspecified atom stereocenters. The summed E-state index contributed by atoms with van der Waals surface area (Å²) in [5.41, 5.74) is 1.98. The molecule has 7 heteroatoms. The van der Waals surface area contributed by atoms with Crippen molar-refractivity contribution >= 4 is 35.0 Å². The van der Waals surface area contributed by atoms with Gasteiger partial charge in [-0.25, -0.2) is 0 Å². The summed E-state index contributed by atoms with van der Waals surface area (Å²) in [4.78, 5) is 27.4. The fourth-order valence-corrected chi connectivity index (χ4v) is 3.47. The predicted octanol–water partition coefficient (Wildman–Crippen LogP) is 5.86. The van der Waals surface area contributed by atoms with Gasteiger partial charge in [-0.2, -0.15) is 0 Å². The third-order valence-electron chi connectivity index (χ3n) is 5.27. The van der Waals surface area contributed by atoms with Gasteiger partial charge >= 0.3 is 0 Å². The lowest BCUT2D eigenvalue weighted by molar-refractivity contribution is -0.142. The summed E-state index contributed by atoms with van der Waals surface area (Å²) >= 11 is 12.2. The van der Waals surface area contributed by atoms with Crippen LogP contribution in [0.15, 0.2) is 42.5 Å². The van der Waals surface area contributed by atoms with E-state index < -0.39 is 6.04 Å². The highest BCUT2D eigenvalue weighted by atomic mass is 35.5. The Hall–Kier alpha value is -2.24. The molecule has 2 aromatic carbocycles. The molecule has 0 bridgehead atoms. The lowest BCUT2D eigenvalue weighted by atomic mass is 9.87. The van der Waals surface area contributed by atoms with Crippen LogP contribution in [0.25, 0.3) is 0 Å². The zero-order valence-corrected chi connectivity index (χ0v) is 21.8. The molecule has 0 aliphatic rings. The number of nitrogens with one attached hydrogen (secondary N) is 1. The van der Waals surface area contributed by atoms with E-state index in [1.807, 2.05) is 38.1 Å². The van der Waals surface area contributed by atoms with E-state index >= 15 is 0 Å². The van der Waals surface area contributed by atoms with Crippen LogP contribution in [0.3, 0.4) is 0 Å². The Morgan fingerprint density at radius 3 is 2.18 bits per heavy atom. The SMILES string of the molecule is CC(C)CNC(=O)C(C)N(Cc1ccc(Cl)c(Cl)c1)C(=O)COc1ccc(C(C)(C)C)cc1. The van der Waals surface area contributed by atoms with Crippen LogP contribution in [0, 0.1) is 5.92 Å². The van der Waals surface area contributed by atoms with Gasteiger partial charge in [-0.05, 0) is 53.6 Å². The average molecular weight is 493 g/mol. The van der Waals surface area contributed by atoms with Crippen LogP contribution in [-0.2, 0) is 21.5 Å². The van der Waals surface area contributed by atoms with Gasteiger partial charge in [-0.3, -0.25) is 9.59 Å². The molecule has 0 heterocycles. The predicted molar refractivity (Wildman–Crippen MR) is 135 cm³/mol. The van der Waals surface area contributed by atoms with Gasteiger partial charge in [0, 0.05) is 13.1 Å². The quantitative estimate of drug-likeness (QED) is 0.476. The molecule has 0 radical (unpaired) electrons. The maximum atomic E-state index is 13.1. The van der Waals surface area contributed by atoms with E-state index in [1.165, 1.54) is 10.5 Å². The van der Waals surface area contributed by atoms with Crippen molar-refractivity contribution in [1.82, 2.24) is 10.2 Å². The van der Waals surface area contributed by atoms with E-state index in [9.17, 15) is 9.59 Å². The van der Waals surface area contributed by atoms with E-state index in [-0.39, 0.29) is 30.4 Å². The summed E-state index contributed by atoms with van der Waals surface area (Å²) in [5, 5.41) is 3.73. The Morgan fingerprint density at radius 2 is 1.64 bits per heavy atom. The van der Waals surface area contributed by atoms with E-state index in [4.69, 9.17) is 27.9 Å². The molecule has 180 valence electrons. The summed E-state index contributed by atoms with van der Waals surface area (Å²) in [6.45, 7) is 12.7. The zero-order chi connectivity index (χ0) is 24.8. The largest absolute Gasteiger partial charge is 0.484 e. The fourth-order valence-electron chi connectivity index (χ4n) is 3.15. The smallest absolute Gasteiger partial charge is 0.261 e. The zero-order valence-electron chi connectivity index (χ0n) is 20.2. The van der Waals surface area contributed by atoms with Crippen LogP contribution < -0.4 is 10.1 Å². The van der Waals surface area contributed by atoms with Crippen molar-refractivity contribution in [2.75, 3.05) is 13.2 Å². The highest BCUT2D eigenvalue weighted by Gasteiger charge is 2.27. The van der Waals surface area contributed by atoms with Gasteiger partial charge in [0.15, 0.2) is 6.61 Å². The number of rotatable bonds is 9. The average Bonchev–Trinajstić information content (AvgIpc) is 2.75. The summed E-state index contributed by atoms with van der Waals surface area (Å²) in [6, 6.07) is 12.2. The number of hydrogen-bond acceptors (Lipinski definition) is 3. The van der Waals surface area contributed by atoms with Crippen LogP contribution in [0.5, 0.6) is 5.75 Å². The maximum Gasteiger partial charge on any atom is 0.261 e. The number of hydrogen-bond donors (Lipinski definition) is 1. The molecular weight excluding hydrogens is 459 g/mol. The van der Waals surface area contributed by atoms with Crippen LogP contribution in [0.1, 0.15) is 52.7 Å². The summed E-state index contributed by atoms with van der Waals surface area (Å²) in [6.07, 6.45) is 0. The molecular formula is C26H34Cl2N2O3. The molecule has 2 rings (SSSR count). The molecule has 0 spiro atoms. The number of ether oxygens (including phenoxy) is 1. The summed E-state index contributed by atoms with van der Waals surface area (Å²) in [5.74, 6) is 0.391. The monoisotopic (exact) mass is 492 g/mol. The number of carbonyl (C=O) groups is 2. The second-order valence-electron chi connectivity index (χ2n) is 9.65. The number of halogens is 2. The Balaban J connectivity index is 2.15. The van der Waals surface area contributed by atoms with Gasteiger partial charge in [0.25, 0.3) is 5.91 Å². The van der Waals surface area contributed by atoms with Crippen LogP contribution in [0.4, 0.5) is 0 Å². The minimum absolute atomic E-state index is 0.0315. The van der Waals surface area contributed by atoms with E-state index in [0.717, 1.165) is 5.56 Å². The standard InChI is InChI=1S/C26H34Cl2N2O3/c1-17(2)14-29-25(32)18(3)30(15-19-7-12-22(27)23(28)13-19)24(31)16-33-21-10-8-20(9-11-21)26(4,5)6/h7-13,17-18H,14-16H2,1-6H3,(H,29,32). The van der Waals surface area contributed by atoms with Gasteiger partial charge in [0.05, 0.1) is 10.0 Å². The van der Waals surface area contributed by atoms with Gasteiger partial charge in [0.2, 0.25) is 5.91 Å². The first kappa shape index (κ1) is 27.0. The molecule has 0 fully saturated rings. The second kappa shape index (κ2) is 11.8. The van der Waals surface area contributed by atoms with Crippen LogP contribution in [-0.4, -0.2) is 35.9 Å². The van der Waals surface area contributed by atoms with Gasteiger partial charge < -0.3 is 15.0 Å². The molecule has 0 aliphatic carbocycles. The molecule has 0 aliphatic heterocycles. The van der Waals surface area contributed by atoms with E-state index in [2.05, 4.69) is 26.1 Å². The highest BCUT2D eigenvalue weighted by Crippen LogP contribution is 2.25. The lowest BCUT2D eigenvalue weighted by Gasteiger charge is -2.29. The Morgan fingerprint density at radius 1 is 1.00 bits per heavy atom. The number of amides is 2. The molecule has 0 saturated carbocycles. The van der Waals surface area contributed by atoms with Crippen molar-refractivity contribution in [3.05, 3.63) is 63.6 Å². The minimum Gasteiger partial charge on any atom is -0.484 e. The summed E-state index contributed by atoms with van der Waals surface area (Å²) < 4.78 is 5.75. The molecule has 5 nitrogen and oxygen atoms in total. The van der Waals surface area contributed by atoms with Crippen molar-refractivity contribution < 1.29 is 14.3 Å². The van der Waals surface area contributed by atoms with Crippen molar-refractivity contribution in [2.24, 2.45) is 5.92 Å². The molecule has 33 heavy (non-hydrogen) atoms. The first-order chi connectivity index (χ1) is 15.4. The van der Waals surface area contributed by atoms with Crippen molar-refractivity contribution in [2.45, 2.75) is 59.5 Å². The second-order valence-corrected chi connectivity index (χ2v) is 10.5. The van der Waals surface area contributed by atoms with Crippen LogP contribution >= 0.6 is 23.2 Å². The van der Waals surface area contributed by atoms with E-state index in [1.54, 1.807) is 25.1 Å². The van der Waals surface area contributed by atoms with Gasteiger partial charge in [-0.1, -0.05) is 76.0 Å². The molecule has 0 saturated heterocycles. The first-order valence-electron chi connectivity index (χ1n) is 11.1. The summed E-state index contributed by atoms with van der Waals surface area (Å²) in [7, 11) is 0. The third kappa shape index (κ3) is 8.24. The van der Waals surface area contributed by atoms with E-state index in [0.29, 0.717) is 28.3 Å². The maximum absolute atomic E-state index is 13.1. The van der Waals surface area contributed by atoms with Gasteiger partial charge in [0.1, 0.15) is 11.8 Å². The highest BCUT2D eigenvalue weighted by molar-refractivity contribution is 6.42. The number of carbonyl (C=O) groups excluding carboxylic acids is 2. The van der Waals surface area contributed by atoms with Crippen molar-refractivity contribution in [3.8, 4) is 5.75 Å². The first-order valence-corrected chi connectivity index (χ1v) is 11.9. The number of nitrogens with zero attached hydrogens (tertiary/aromatic N) is 1. The van der Waals surface area contributed by atoms with Gasteiger partial charge in [-0.15, -0.1) is 0 Å². The Kier molecular flexibility index (Phi) is 9.62. The lowest BCUT2D eigenvalue weighted by Crippen LogP contribution is -2.49. The topological polar surface area (TPSA) is 58.6 Å². The van der Waals surface area contributed by atoms with Crippen molar-refractivity contribution in [3.63, 3.8) is 0 Å². The Bertz CT molecular complexity index is 953. The van der Waals surface area contributed by atoms with Crippen LogP contribution in [0.2, 0.25) is 10.0 Å². The number of benzene rings is 2. The molecule has 2 amide bonds. The molecule has 0 aromatic heterocycles. The van der Waals surface area contributed by atoms with Crippen molar-refractivity contribution in [1.29, 1.82) is 0 Å². The normalized spacial score (nSPS) is 12.4. The fraction of sp³-hybridized carbons (Fsp3) is 0.462. The molecule has 1 N–H and O–H groups in total. The Labute approximate surface area is 207 Å². The molecule has 2 aromatic rings. The minimum atomic E-state index is -0.683.